The lowest BCUT2D eigenvalue weighted by Crippen LogP contribution is -2.31. The molecule has 0 radical (unpaired) electrons. The Morgan fingerprint density at radius 3 is 2.84 bits per heavy atom. The lowest BCUT2D eigenvalue weighted by molar-refractivity contribution is 0.401. The Bertz CT molecular complexity index is 421. The number of hydrogen-bond donors (Lipinski definition) is 1. The molecule has 0 bridgehead atoms. The van der Waals surface area contributed by atoms with Gasteiger partial charge < -0.3 is 10.5 Å². The molecule has 1 aromatic carbocycles. The van der Waals surface area contributed by atoms with Crippen molar-refractivity contribution in [3.8, 4) is 5.75 Å². The van der Waals surface area contributed by atoms with Crippen LogP contribution in [0.3, 0.4) is 0 Å². The molecule has 1 fully saturated rings. The third-order valence-electron chi connectivity index (χ3n) is 4.47. The van der Waals surface area contributed by atoms with Crippen LogP contribution < -0.4 is 10.5 Å². The van der Waals surface area contributed by atoms with Crippen molar-refractivity contribution < 1.29 is 4.74 Å². The van der Waals surface area contributed by atoms with Crippen molar-refractivity contribution in [2.45, 2.75) is 45.1 Å². The zero-order valence-corrected chi connectivity index (χ0v) is 13.4. The van der Waals surface area contributed by atoms with Crippen LogP contribution in [0.5, 0.6) is 5.75 Å². The number of halogens is 1. The maximum Gasteiger partial charge on any atom is 0.119 e. The molecular weight excluding hydrogens is 302 g/mol. The predicted octanol–water partition coefficient (Wildman–Crippen LogP) is 4.15. The maximum absolute atomic E-state index is 6.43. The second kappa shape index (κ2) is 6.76. The van der Waals surface area contributed by atoms with Crippen LogP contribution in [0, 0.1) is 11.8 Å². The minimum absolute atomic E-state index is 0.264. The van der Waals surface area contributed by atoms with Gasteiger partial charge in [-0.15, -0.1) is 0 Å². The van der Waals surface area contributed by atoms with Crippen molar-refractivity contribution in [2.75, 3.05) is 7.11 Å². The van der Waals surface area contributed by atoms with Crippen LogP contribution in [0.25, 0.3) is 0 Å². The normalized spacial score (nSPS) is 24.4. The first kappa shape index (κ1) is 14.9. The zero-order chi connectivity index (χ0) is 13.8. The lowest BCUT2D eigenvalue weighted by Gasteiger charge is -2.20. The van der Waals surface area contributed by atoms with Gasteiger partial charge in [0.25, 0.3) is 0 Å². The van der Waals surface area contributed by atoms with Crippen LogP contribution in [-0.4, -0.2) is 13.2 Å². The van der Waals surface area contributed by atoms with Gasteiger partial charge >= 0.3 is 0 Å². The quantitative estimate of drug-likeness (QED) is 0.882. The van der Waals surface area contributed by atoms with E-state index >= 15 is 0 Å². The average molecular weight is 326 g/mol. The van der Waals surface area contributed by atoms with Crippen molar-refractivity contribution in [3.05, 3.63) is 28.2 Å². The fourth-order valence-corrected chi connectivity index (χ4v) is 3.54. The fourth-order valence-electron chi connectivity index (χ4n) is 3.13. The van der Waals surface area contributed by atoms with Gasteiger partial charge in [-0.1, -0.05) is 35.7 Å². The highest BCUT2D eigenvalue weighted by Crippen LogP contribution is 2.36. The number of ether oxygens (including phenoxy) is 1. The van der Waals surface area contributed by atoms with Crippen LogP contribution in [0.1, 0.15) is 38.2 Å². The summed E-state index contributed by atoms with van der Waals surface area (Å²) in [6, 6.07) is 6.38. The van der Waals surface area contributed by atoms with Gasteiger partial charge in [0, 0.05) is 10.5 Å². The van der Waals surface area contributed by atoms with Gasteiger partial charge in [-0.05, 0) is 54.9 Å². The maximum atomic E-state index is 6.43. The summed E-state index contributed by atoms with van der Waals surface area (Å²) in [7, 11) is 1.70. The van der Waals surface area contributed by atoms with E-state index in [0.717, 1.165) is 22.6 Å². The third kappa shape index (κ3) is 3.73. The third-order valence-corrected chi connectivity index (χ3v) is 5.25. The van der Waals surface area contributed by atoms with Crippen LogP contribution in [0.4, 0.5) is 0 Å². The van der Waals surface area contributed by atoms with Gasteiger partial charge in [-0.3, -0.25) is 0 Å². The average Bonchev–Trinajstić information content (AvgIpc) is 2.90. The van der Waals surface area contributed by atoms with Gasteiger partial charge in [-0.25, -0.2) is 0 Å². The molecule has 2 rings (SSSR count). The van der Waals surface area contributed by atoms with E-state index in [1.54, 1.807) is 7.11 Å². The smallest absolute Gasteiger partial charge is 0.119 e. The first-order valence-electron chi connectivity index (χ1n) is 7.22. The predicted molar refractivity (Wildman–Crippen MR) is 83.5 cm³/mol. The van der Waals surface area contributed by atoms with Crippen molar-refractivity contribution in [1.82, 2.24) is 0 Å². The highest BCUT2D eigenvalue weighted by Gasteiger charge is 2.28. The first-order valence-corrected chi connectivity index (χ1v) is 8.01. The topological polar surface area (TPSA) is 35.2 Å². The molecular formula is C16H24BrNO. The minimum atomic E-state index is 0.264. The Kier molecular flexibility index (Phi) is 5.28. The summed E-state index contributed by atoms with van der Waals surface area (Å²) in [4.78, 5) is 0. The first-order chi connectivity index (χ1) is 9.13. The van der Waals surface area contributed by atoms with Gasteiger partial charge in [0.05, 0.1) is 7.11 Å². The van der Waals surface area contributed by atoms with Crippen LogP contribution in [-0.2, 0) is 6.42 Å². The molecule has 106 valence electrons. The number of hydrogen-bond acceptors (Lipinski definition) is 2. The minimum Gasteiger partial charge on any atom is -0.497 e. The summed E-state index contributed by atoms with van der Waals surface area (Å²) in [5.41, 5.74) is 7.68. The molecule has 0 heterocycles. The monoisotopic (exact) mass is 325 g/mol. The SMILES string of the molecule is CCC1CCC(C(N)Cc2cc(OC)ccc2Br)C1. The molecule has 1 saturated carbocycles. The second-order valence-corrected chi connectivity index (χ2v) is 6.53. The Hall–Kier alpha value is -0.540. The molecule has 0 spiro atoms. The molecule has 2 nitrogen and oxygen atoms in total. The summed E-state index contributed by atoms with van der Waals surface area (Å²) in [5.74, 6) is 2.48. The molecule has 3 unspecified atom stereocenters. The number of methoxy groups -OCH3 is 1. The Labute approximate surface area is 124 Å². The van der Waals surface area contributed by atoms with Crippen molar-refractivity contribution in [2.24, 2.45) is 17.6 Å². The van der Waals surface area contributed by atoms with Gasteiger partial charge in [-0.2, -0.15) is 0 Å². The lowest BCUT2D eigenvalue weighted by atomic mass is 9.91. The van der Waals surface area contributed by atoms with E-state index in [4.69, 9.17) is 10.5 Å². The Morgan fingerprint density at radius 2 is 2.21 bits per heavy atom. The molecule has 1 aliphatic rings. The van der Waals surface area contributed by atoms with Crippen LogP contribution >= 0.6 is 15.9 Å². The van der Waals surface area contributed by atoms with E-state index in [9.17, 15) is 0 Å². The van der Waals surface area contributed by atoms with Gasteiger partial charge in [0.1, 0.15) is 5.75 Å². The molecule has 0 amide bonds. The molecule has 0 aromatic heterocycles. The highest BCUT2D eigenvalue weighted by molar-refractivity contribution is 9.10. The molecule has 3 atom stereocenters. The molecule has 3 heteroatoms. The number of rotatable bonds is 5. The molecule has 0 aliphatic heterocycles. The zero-order valence-electron chi connectivity index (χ0n) is 11.9. The molecule has 19 heavy (non-hydrogen) atoms. The molecule has 0 saturated heterocycles. The van der Waals surface area contributed by atoms with Crippen LogP contribution in [0.15, 0.2) is 22.7 Å². The Balaban J connectivity index is 2.00. The van der Waals surface area contributed by atoms with Crippen LogP contribution in [0.2, 0.25) is 0 Å². The number of nitrogens with two attached hydrogens (primary N) is 1. The van der Waals surface area contributed by atoms with E-state index in [0.29, 0.717) is 5.92 Å². The standard InChI is InChI=1S/C16H24BrNO/c1-3-11-4-5-12(8-11)16(18)10-13-9-14(19-2)6-7-15(13)17/h6-7,9,11-12,16H,3-5,8,10,18H2,1-2H3. The van der Waals surface area contributed by atoms with Crippen molar-refractivity contribution in [3.63, 3.8) is 0 Å². The van der Waals surface area contributed by atoms with E-state index in [1.165, 1.54) is 31.2 Å². The number of benzene rings is 1. The van der Waals surface area contributed by atoms with Gasteiger partial charge in [0.2, 0.25) is 0 Å². The molecule has 2 N–H and O–H groups in total. The summed E-state index contributed by atoms with van der Waals surface area (Å²) < 4.78 is 6.42. The van der Waals surface area contributed by atoms with E-state index < -0.39 is 0 Å². The summed E-state index contributed by atoms with van der Waals surface area (Å²) >= 11 is 3.61. The van der Waals surface area contributed by atoms with E-state index in [1.807, 2.05) is 12.1 Å². The summed E-state index contributed by atoms with van der Waals surface area (Å²) in [6.07, 6.45) is 6.18. The second-order valence-electron chi connectivity index (χ2n) is 5.67. The highest BCUT2D eigenvalue weighted by atomic mass is 79.9. The van der Waals surface area contributed by atoms with E-state index in [2.05, 4.69) is 28.9 Å². The largest absolute Gasteiger partial charge is 0.497 e. The Morgan fingerprint density at radius 1 is 1.42 bits per heavy atom. The van der Waals surface area contributed by atoms with E-state index in [-0.39, 0.29) is 6.04 Å². The molecule has 1 aliphatic carbocycles. The van der Waals surface area contributed by atoms with Gasteiger partial charge in [0.15, 0.2) is 0 Å². The summed E-state index contributed by atoms with van der Waals surface area (Å²) in [6.45, 7) is 2.29. The fraction of sp³-hybridized carbons (Fsp3) is 0.625. The molecule has 1 aromatic rings. The summed E-state index contributed by atoms with van der Waals surface area (Å²) in [5, 5.41) is 0. The van der Waals surface area contributed by atoms with Crippen molar-refractivity contribution >= 4 is 15.9 Å². The van der Waals surface area contributed by atoms with Crippen molar-refractivity contribution in [1.29, 1.82) is 0 Å².